The molecule has 1 fully saturated rings. The van der Waals surface area contributed by atoms with Crippen LogP contribution in [0.3, 0.4) is 0 Å². The molecule has 2 aromatic rings. The Morgan fingerprint density at radius 1 is 1.19 bits per heavy atom. The second-order valence-corrected chi connectivity index (χ2v) is 7.11. The Bertz CT molecular complexity index is 841. The molecular formula is C19H22F2N4O2. The number of carbonyl (C=O) groups excluding carboxylic acids is 1. The molecule has 144 valence electrons. The van der Waals surface area contributed by atoms with Crippen molar-refractivity contribution in [3.05, 3.63) is 46.8 Å². The van der Waals surface area contributed by atoms with Crippen LogP contribution >= 0.6 is 0 Å². The molecule has 6 nitrogen and oxygen atoms in total. The molecule has 1 amide bonds. The van der Waals surface area contributed by atoms with Gasteiger partial charge >= 0.3 is 0 Å². The number of ether oxygens (including phenoxy) is 1. The van der Waals surface area contributed by atoms with Crippen molar-refractivity contribution < 1.29 is 18.3 Å². The van der Waals surface area contributed by atoms with E-state index in [1.165, 1.54) is 18.2 Å². The van der Waals surface area contributed by atoms with Crippen molar-refractivity contribution in [2.24, 2.45) is 0 Å². The number of halogens is 2. The lowest BCUT2D eigenvalue weighted by molar-refractivity contribution is -0.00702. The van der Waals surface area contributed by atoms with Crippen LogP contribution in [0, 0.1) is 11.6 Å². The highest BCUT2D eigenvalue weighted by molar-refractivity contribution is 5.94. The largest absolute Gasteiger partial charge is 0.369 e. The summed E-state index contributed by atoms with van der Waals surface area (Å²) in [5, 5.41) is 7.17. The van der Waals surface area contributed by atoms with Crippen molar-refractivity contribution in [1.82, 2.24) is 15.1 Å². The number of carbonyl (C=O) groups is 1. The van der Waals surface area contributed by atoms with E-state index in [0.29, 0.717) is 38.3 Å². The van der Waals surface area contributed by atoms with Gasteiger partial charge in [0.1, 0.15) is 17.3 Å². The standard InChI is InChI=1S/C19H22F2N4O2/c1-11-10-13-16(12(2)27-11)22-23-17(13)19(26)25-8-6-24(7-9-25)18-14(20)4-3-5-15(18)21/h3-5,11-12H,6-10H2,1-2H3,(H,22,23)/t11-,12+/m1/s1. The lowest BCUT2D eigenvalue weighted by atomic mass is 9.99. The van der Waals surface area contributed by atoms with Crippen LogP contribution in [0.5, 0.6) is 0 Å². The average Bonchev–Trinajstić information content (AvgIpc) is 3.05. The van der Waals surface area contributed by atoms with Crippen molar-refractivity contribution in [2.45, 2.75) is 32.5 Å². The zero-order valence-corrected chi connectivity index (χ0v) is 15.3. The molecule has 0 bridgehead atoms. The van der Waals surface area contributed by atoms with Gasteiger partial charge in [-0.15, -0.1) is 0 Å². The minimum atomic E-state index is -0.584. The summed E-state index contributed by atoms with van der Waals surface area (Å²) in [6.07, 6.45) is 0.536. The van der Waals surface area contributed by atoms with Crippen LogP contribution in [0.4, 0.5) is 14.5 Å². The predicted molar refractivity (Wildman–Crippen MR) is 95.7 cm³/mol. The topological polar surface area (TPSA) is 61.5 Å². The van der Waals surface area contributed by atoms with Gasteiger partial charge in [0, 0.05) is 38.2 Å². The molecule has 27 heavy (non-hydrogen) atoms. The zero-order valence-electron chi connectivity index (χ0n) is 15.3. The third-order valence-corrected chi connectivity index (χ3v) is 5.26. The molecule has 1 aromatic carbocycles. The van der Waals surface area contributed by atoms with E-state index in [4.69, 9.17) is 4.74 Å². The molecule has 2 aliphatic heterocycles. The van der Waals surface area contributed by atoms with Gasteiger partial charge in [-0.05, 0) is 26.0 Å². The van der Waals surface area contributed by atoms with E-state index < -0.39 is 11.6 Å². The molecule has 2 aliphatic rings. The van der Waals surface area contributed by atoms with E-state index in [1.807, 2.05) is 13.8 Å². The number of anilines is 1. The normalized spacial score (nSPS) is 22.7. The summed E-state index contributed by atoms with van der Waals surface area (Å²) in [5.41, 5.74) is 2.16. The quantitative estimate of drug-likeness (QED) is 0.876. The molecule has 0 saturated carbocycles. The first kappa shape index (κ1) is 17.9. The Morgan fingerprint density at radius 2 is 1.85 bits per heavy atom. The highest BCUT2D eigenvalue weighted by Crippen LogP contribution is 2.31. The molecule has 8 heteroatoms. The number of aromatic nitrogens is 2. The Morgan fingerprint density at radius 3 is 2.52 bits per heavy atom. The fourth-order valence-corrected chi connectivity index (χ4v) is 3.92. The van der Waals surface area contributed by atoms with Crippen LogP contribution in [-0.4, -0.2) is 53.3 Å². The number of para-hydroxylation sites is 1. The monoisotopic (exact) mass is 376 g/mol. The first-order chi connectivity index (χ1) is 13.0. The van der Waals surface area contributed by atoms with E-state index in [2.05, 4.69) is 10.2 Å². The highest BCUT2D eigenvalue weighted by Gasteiger charge is 2.33. The second-order valence-electron chi connectivity index (χ2n) is 7.11. The van der Waals surface area contributed by atoms with E-state index >= 15 is 0 Å². The van der Waals surface area contributed by atoms with Gasteiger partial charge in [0.15, 0.2) is 5.69 Å². The van der Waals surface area contributed by atoms with Crippen molar-refractivity contribution in [3.8, 4) is 0 Å². The van der Waals surface area contributed by atoms with Gasteiger partial charge in [-0.2, -0.15) is 5.10 Å². The molecule has 0 unspecified atom stereocenters. The molecule has 0 radical (unpaired) electrons. The Balaban J connectivity index is 1.49. The number of H-pyrrole nitrogens is 1. The molecular weight excluding hydrogens is 354 g/mol. The van der Waals surface area contributed by atoms with Crippen LogP contribution in [-0.2, 0) is 11.2 Å². The Hall–Kier alpha value is -2.48. The number of amides is 1. The fraction of sp³-hybridized carbons (Fsp3) is 0.474. The second kappa shape index (κ2) is 6.92. The summed E-state index contributed by atoms with van der Waals surface area (Å²) < 4.78 is 33.7. The summed E-state index contributed by atoms with van der Waals surface area (Å²) in [4.78, 5) is 16.3. The molecule has 2 atom stereocenters. The maximum atomic E-state index is 14.0. The smallest absolute Gasteiger partial charge is 0.274 e. The third kappa shape index (κ3) is 3.18. The van der Waals surface area contributed by atoms with Crippen LogP contribution in [0.25, 0.3) is 0 Å². The summed E-state index contributed by atoms with van der Waals surface area (Å²) in [5.74, 6) is -1.32. The third-order valence-electron chi connectivity index (χ3n) is 5.26. The van der Waals surface area contributed by atoms with Crippen molar-refractivity contribution >= 4 is 11.6 Å². The number of nitrogens with one attached hydrogen (secondary N) is 1. The molecule has 1 N–H and O–H groups in total. The van der Waals surface area contributed by atoms with Crippen molar-refractivity contribution in [3.63, 3.8) is 0 Å². The number of rotatable bonds is 2. The van der Waals surface area contributed by atoms with Gasteiger partial charge in [0.05, 0.1) is 17.9 Å². The molecule has 0 aliphatic carbocycles. The summed E-state index contributed by atoms with van der Waals surface area (Å²) in [6, 6.07) is 3.84. The maximum Gasteiger partial charge on any atom is 0.274 e. The molecule has 1 saturated heterocycles. The van der Waals surface area contributed by atoms with Gasteiger partial charge < -0.3 is 14.5 Å². The number of aromatic amines is 1. The van der Waals surface area contributed by atoms with Gasteiger partial charge in [-0.25, -0.2) is 8.78 Å². The first-order valence-electron chi connectivity index (χ1n) is 9.16. The van der Waals surface area contributed by atoms with Gasteiger partial charge in [0.2, 0.25) is 0 Å². The van der Waals surface area contributed by atoms with Crippen LogP contribution in [0.15, 0.2) is 18.2 Å². The van der Waals surface area contributed by atoms with E-state index in [0.717, 1.165) is 11.3 Å². The SMILES string of the molecule is C[C@@H]1Cc2c(C(=O)N3CCN(c4c(F)cccc4F)CC3)n[nH]c2[C@H](C)O1. The molecule has 0 spiro atoms. The first-order valence-corrected chi connectivity index (χ1v) is 9.16. The number of hydrogen-bond acceptors (Lipinski definition) is 4. The zero-order chi connectivity index (χ0) is 19.1. The summed E-state index contributed by atoms with van der Waals surface area (Å²) in [6.45, 7) is 5.41. The lowest BCUT2D eigenvalue weighted by Crippen LogP contribution is -2.49. The highest BCUT2D eigenvalue weighted by atomic mass is 19.1. The van der Waals surface area contributed by atoms with Gasteiger partial charge in [0.25, 0.3) is 5.91 Å². The van der Waals surface area contributed by atoms with E-state index in [-0.39, 0.29) is 23.8 Å². The van der Waals surface area contributed by atoms with Crippen molar-refractivity contribution in [1.29, 1.82) is 0 Å². The Labute approximate surface area is 156 Å². The van der Waals surface area contributed by atoms with Crippen molar-refractivity contribution in [2.75, 3.05) is 31.1 Å². The fourth-order valence-electron chi connectivity index (χ4n) is 3.92. The maximum absolute atomic E-state index is 14.0. The molecule has 4 rings (SSSR count). The van der Waals surface area contributed by atoms with Crippen LogP contribution < -0.4 is 4.90 Å². The van der Waals surface area contributed by atoms with Crippen LogP contribution in [0.1, 0.15) is 41.7 Å². The summed E-state index contributed by atoms with van der Waals surface area (Å²) in [7, 11) is 0. The molecule has 1 aromatic heterocycles. The Kier molecular flexibility index (Phi) is 4.59. The molecule has 3 heterocycles. The van der Waals surface area contributed by atoms with E-state index in [9.17, 15) is 13.6 Å². The predicted octanol–water partition coefficient (Wildman–Crippen LogP) is 2.67. The minimum Gasteiger partial charge on any atom is -0.369 e. The summed E-state index contributed by atoms with van der Waals surface area (Å²) >= 11 is 0. The number of hydrogen-bond donors (Lipinski definition) is 1. The average molecular weight is 376 g/mol. The number of nitrogens with zero attached hydrogens (tertiary/aromatic N) is 3. The minimum absolute atomic E-state index is 0.0255. The van der Waals surface area contributed by atoms with E-state index in [1.54, 1.807) is 9.80 Å². The van der Waals surface area contributed by atoms with Crippen LogP contribution in [0.2, 0.25) is 0 Å². The van der Waals surface area contributed by atoms with Gasteiger partial charge in [-0.3, -0.25) is 9.89 Å². The number of benzene rings is 1. The number of fused-ring (bicyclic) bond motifs is 1. The lowest BCUT2D eigenvalue weighted by Gasteiger charge is -2.36. The van der Waals surface area contributed by atoms with Gasteiger partial charge in [-0.1, -0.05) is 6.07 Å². The number of piperazine rings is 1.